The summed E-state index contributed by atoms with van der Waals surface area (Å²) < 4.78 is 49.6. The Kier molecular flexibility index (Phi) is 7.88. The number of esters is 1. The van der Waals surface area contributed by atoms with E-state index >= 15 is 0 Å². The number of carbonyl (C=O) groups is 2. The number of fused-ring (bicyclic) bond motifs is 1. The van der Waals surface area contributed by atoms with Crippen LogP contribution in [0.5, 0.6) is 17.2 Å². The van der Waals surface area contributed by atoms with Crippen LogP contribution in [-0.4, -0.2) is 65.6 Å². The van der Waals surface area contributed by atoms with Gasteiger partial charge < -0.3 is 23.8 Å². The van der Waals surface area contributed by atoms with Crippen LogP contribution in [0.25, 0.3) is 0 Å². The lowest BCUT2D eigenvalue weighted by Gasteiger charge is -2.29. The standard InChI is InChI=1S/C27H28N2O8S/c1-34-19-9-12-21(13-10-19)38(32,33)29-16-18-7-5-6-8-23(18)28(17-24(29)27(31)37-4)26(30)22-14-11-20(35-2)15-25(22)36-3/h5-15,24H,16-17H2,1-4H3. The monoisotopic (exact) mass is 540 g/mol. The summed E-state index contributed by atoms with van der Waals surface area (Å²) in [6.07, 6.45) is 0. The molecule has 4 rings (SSSR count). The van der Waals surface area contributed by atoms with Crippen LogP contribution in [0.4, 0.5) is 5.69 Å². The quantitative estimate of drug-likeness (QED) is 0.421. The average Bonchev–Trinajstić information content (AvgIpc) is 3.14. The fourth-order valence-corrected chi connectivity index (χ4v) is 5.87. The fraction of sp³-hybridized carbons (Fsp3) is 0.259. The van der Waals surface area contributed by atoms with E-state index in [2.05, 4.69) is 0 Å². The molecule has 0 saturated heterocycles. The molecule has 0 aromatic heterocycles. The molecular weight excluding hydrogens is 512 g/mol. The summed E-state index contributed by atoms with van der Waals surface area (Å²) in [5, 5.41) is 0. The Morgan fingerprint density at radius 1 is 0.842 bits per heavy atom. The van der Waals surface area contributed by atoms with Crippen molar-refractivity contribution in [1.29, 1.82) is 0 Å². The number of ether oxygens (including phenoxy) is 4. The molecule has 0 fully saturated rings. The zero-order chi connectivity index (χ0) is 27.4. The van der Waals surface area contributed by atoms with Gasteiger partial charge in [-0.05, 0) is 48.0 Å². The molecule has 0 spiro atoms. The second-order valence-electron chi connectivity index (χ2n) is 8.38. The molecule has 0 radical (unpaired) electrons. The maximum absolute atomic E-state index is 13.9. The van der Waals surface area contributed by atoms with E-state index in [4.69, 9.17) is 18.9 Å². The first-order valence-corrected chi connectivity index (χ1v) is 13.0. The molecule has 0 aliphatic carbocycles. The molecule has 3 aromatic rings. The van der Waals surface area contributed by atoms with E-state index in [0.717, 1.165) is 4.31 Å². The van der Waals surface area contributed by atoms with Crippen LogP contribution >= 0.6 is 0 Å². The predicted molar refractivity (Wildman–Crippen MR) is 139 cm³/mol. The molecule has 3 aromatic carbocycles. The molecule has 1 heterocycles. The fourth-order valence-electron chi connectivity index (χ4n) is 4.32. The maximum atomic E-state index is 13.9. The molecular formula is C27H28N2O8S. The molecule has 0 N–H and O–H groups in total. The number of amides is 1. The molecule has 38 heavy (non-hydrogen) atoms. The number of anilines is 1. The predicted octanol–water partition coefficient (Wildman–Crippen LogP) is 3.11. The molecule has 1 atom stereocenters. The Hall–Kier alpha value is -4.09. The zero-order valence-corrected chi connectivity index (χ0v) is 22.2. The zero-order valence-electron chi connectivity index (χ0n) is 21.4. The Morgan fingerprint density at radius 2 is 1.50 bits per heavy atom. The van der Waals surface area contributed by atoms with Gasteiger partial charge in [0, 0.05) is 18.3 Å². The average molecular weight is 541 g/mol. The van der Waals surface area contributed by atoms with Gasteiger partial charge in [-0.2, -0.15) is 4.31 Å². The van der Waals surface area contributed by atoms with Gasteiger partial charge in [-0.3, -0.25) is 9.59 Å². The van der Waals surface area contributed by atoms with Crippen LogP contribution in [-0.2, 0) is 26.1 Å². The number of rotatable bonds is 7. The van der Waals surface area contributed by atoms with Crippen LogP contribution in [0.15, 0.2) is 71.6 Å². The second kappa shape index (κ2) is 11.1. The number of carbonyl (C=O) groups excluding carboxylic acids is 2. The molecule has 1 amide bonds. The summed E-state index contributed by atoms with van der Waals surface area (Å²) >= 11 is 0. The van der Waals surface area contributed by atoms with E-state index in [0.29, 0.717) is 22.7 Å². The van der Waals surface area contributed by atoms with Gasteiger partial charge in [0.2, 0.25) is 10.0 Å². The van der Waals surface area contributed by atoms with Gasteiger partial charge in [-0.15, -0.1) is 0 Å². The minimum Gasteiger partial charge on any atom is -0.497 e. The number of sulfonamides is 1. The Bertz CT molecular complexity index is 1440. The topological polar surface area (TPSA) is 112 Å². The van der Waals surface area contributed by atoms with E-state index in [1.54, 1.807) is 42.5 Å². The summed E-state index contributed by atoms with van der Waals surface area (Å²) in [6, 6.07) is 16.2. The van der Waals surface area contributed by atoms with Gasteiger partial charge in [0.1, 0.15) is 23.3 Å². The number of methoxy groups -OCH3 is 4. The minimum absolute atomic E-state index is 0.0266. The van der Waals surface area contributed by atoms with Gasteiger partial charge in [0.25, 0.3) is 5.91 Å². The summed E-state index contributed by atoms with van der Waals surface area (Å²) in [7, 11) is 1.39. The third kappa shape index (κ3) is 5.02. The number of hydrogen-bond acceptors (Lipinski definition) is 8. The van der Waals surface area contributed by atoms with Crippen molar-refractivity contribution >= 4 is 27.6 Å². The Balaban J connectivity index is 1.83. The van der Waals surface area contributed by atoms with E-state index in [1.165, 1.54) is 57.6 Å². The lowest BCUT2D eigenvalue weighted by molar-refractivity contribution is -0.144. The second-order valence-corrected chi connectivity index (χ2v) is 10.3. The van der Waals surface area contributed by atoms with Crippen molar-refractivity contribution in [2.75, 3.05) is 39.9 Å². The van der Waals surface area contributed by atoms with Crippen molar-refractivity contribution in [2.45, 2.75) is 17.5 Å². The van der Waals surface area contributed by atoms with Crippen LogP contribution in [0, 0.1) is 0 Å². The van der Waals surface area contributed by atoms with Crippen molar-refractivity contribution < 1.29 is 37.0 Å². The summed E-state index contributed by atoms with van der Waals surface area (Å²) in [5.41, 5.74) is 1.23. The number of hydrogen-bond donors (Lipinski definition) is 0. The Labute approximate surface area is 221 Å². The number of benzene rings is 3. The summed E-state index contributed by atoms with van der Waals surface area (Å²) in [4.78, 5) is 28.3. The van der Waals surface area contributed by atoms with E-state index < -0.39 is 27.9 Å². The number of para-hydroxylation sites is 1. The highest BCUT2D eigenvalue weighted by Gasteiger charge is 2.42. The largest absolute Gasteiger partial charge is 0.497 e. The third-order valence-corrected chi connectivity index (χ3v) is 8.20. The first-order chi connectivity index (χ1) is 18.2. The molecule has 0 bridgehead atoms. The first kappa shape index (κ1) is 27.0. The van der Waals surface area contributed by atoms with E-state index in [9.17, 15) is 18.0 Å². The van der Waals surface area contributed by atoms with Crippen LogP contribution < -0.4 is 19.1 Å². The highest BCUT2D eigenvalue weighted by atomic mass is 32.2. The summed E-state index contributed by atoms with van der Waals surface area (Å²) in [6.45, 7) is -0.444. The van der Waals surface area contributed by atoms with Crippen LogP contribution in [0.2, 0.25) is 0 Å². The minimum atomic E-state index is -4.20. The van der Waals surface area contributed by atoms with E-state index in [-0.39, 0.29) is 29.3 Å². The SMILES string of the molecule is COC(=O)C1CN(C(=O)c2ccc(OC)cc2OC)c2ccccc2CN1S(=O)(=O)c1ccc(OC)cc1. The normalized spacial score (nSPS) is 15.7. The van der Waals surface area contributed by atoms with Crippen molar-refractivity contribution in [3.63, 3.8) is 0 Å². The lowest BCUT2D eigenvalue weighted by Crippen LogP contribution is -2.50. The van der Waals surface area contributed by atoms with Crippen molar-refractivity contribution in [2.24, 2.45) is 0 Å². The van der Waals surface area contributed by atoms with Gasteiger partial charge in [0.05, 0.1) is 45.4 Å². The molecule has 11 heteroatoms. The van der Waals surface area contributed by atoms with E-state index in [1.807, 2.05) is 0 Å². The lowest BCUT2D eigenvalue weighted by atomic mass is 10.1. The molecule has 1 aliphatic rings. The third-order valence-electron chi connectivity index (χ3n) is 6.34. The smallest absolute Gasteiger partial charge is 0.326 e. The summed E-state index contributed by atoms with van der Waals surface area (Å²) in [5.74, 6) is -0.0175. The number of nitrogens with zero attached hydrogens (tertiary/aromatic N) is 2. The molecule has 200 valence electrons. The molecule has 10 nitrogen and oxygen atoms in total. The van der Waals surface area contributed by atoms with Gasteiger partial charge in [-0.25, -0.2) is 8.42 Å². The van der Waals surface area contributed by atoms with Crippen LogP contribution in [0.3, 0.4) is 0 Å². The Morgan fingerprint density at radius 3 is 2.13 bits per heavy atom. The van der Waals surface area contributed by atoms with Crippen molar-refractivity contribution in [3.8, 4) is 17.2 Å². The molecule has 1 aliphatic heterocycles. The highest BCUT2D eigenvalue weighted by molar-refractivity contribution is 7.89. The molecule has 1 unspecified atom stereocenters. The highest BCUT2D eigenvalue weighted by Crippen LogP contribution is 2.34. The van der Waals surface area contributed by atoms with Crippen LogP contribution in [0.1, 0.15) is 15.9 Å². The van der Waals surface area contributed by atoms with Gasteiger partial charge in [-0.1, -0.05) is 18.2 Å². The van der Waals surface area contributed by atoms with Gasteiger partial charge >= 0.3 is 5.97 Å². The maximum Gasteiger partial charge on any atom is 0.326 e. The van der Waals surface area contributed by atoms with Crippen molar-refractivity contribution in [3.05, 3.63) is 77.9 Å². The van der Waals surface area contributed by atoms with Gasteiger partial charge in [0.15, 0.2) is 0 Å². The molecule has 0 saturated carbocycles. The van der Waals surface area contributed by atoms with Crippen molar-refractivity contribution in [1.82, 2.24) is 4.31 Å². The first-order valence-electron chi connectivity index (χ1n) is 11.6.